The van der Waals surface area contributed by atoms with Crippen LogP contribution in [0, 0.1) is 0 Å². The average Bonchev–Trinajstić information content (AvgIpc) is 2.37. The van der Waals surface area contributed by atoms with Gasteiger partial charge in [-0.25, -0.2) is 0 Å². The van der Waals surface area contributed by atoms with Gasteiger partial charge in [0.25, 0.3) is 0 Å². The molecule has 0 unspecified atom stereocenters. The van der Waals surface area contributed by atoms with Crippen LogP contribution in [0.1, 0.15) is 5.56 Å². The van der Waals surface area contributed by atoms with Crippen molar-refractivity contribution in [3.05, 3.63) is 29.8 Å². The molecule has 0 bridgehead atoms. The molecule has 110 valence electrons. The molecule has 0 aliphatic carbocycles. The lowest BCUT2D eigenvalue weighted by atomic mass is 10.1. The minimum atomic E-state index is -4.49. The number of benzene rings is 1. The van der Waals surface area contributed by atoms with E-state index in [-0.39, 0.29) is 17.1 Å². The molecule has 0 saturated carbocycles. The Morgan fingerprint density at radius 2 is 2.05 bits per heavy atom. The highest BCUT2D eigenvalue weighted by molar-refractivity contribution is 6.05. The van der Waals surface area contributed by atoms with Crippen molar-refractivity contribution in [3.8, 4) is 0 Å². The summed E-state index contributed by atoms with van der Waals surface area (Å²) in [5.41, 5.74) is 5.83. The molecule has 0 radical (unpaired) electrons. The van der Waals surface area contributed by atoms with Crippen molar-refractivity contribution in [1.82, 2.24) is 0 Å². The number of anilines is 1. The summed E-state index contributed by atoms with van der Waals surface area (Å²) in [6.45, 7) is -2.27. The Morgan fingerprint density at radius 3 is 2.65 bits per heavy atom. The maximum absolute atomic E-state index is 11.8. The van der Waals surface area contributed by atoms with Gasteiger partial charge in [-0.3, -0.25) is 4.79 Å². The van der Waals surface area contributed by atoms with Crippen LogP contribution >= 0.6 is 0 Å². The molecule has 0 fully saturated rings. The van der Waals surface area contributed by atoms with Gasteiger partial charge >= 0.3 is 6.18 Å². The molecule has 0 heterocycles. The number of hydrogen-bond acceptors (Lipinski definition) is 4. The van der Waals surface area contributed by atoms with E-state index in [0.717, 1.165) is 0 Å². The van der Waals surface area contributed by atoms with Gasteiger partial charge in [-0.15, -0.1) is 0 Å². The molecule has 1 aromatic carbocycles. The zero-order chi connectivity index (χ0) is 15.2. The van der Waals surface area contributed by atoms with E-state index in [4.69, 9.17) is 10.9 Å². The van der Waals surface area contributed by atoms with Gasteiger partial charge in [0.2, 0.25) is 5.91 Å². The summed E-state index contributed by atoms with van der Waals surface area (Å²) in [6, 6.07) is 6.08. The first kappa shape index (κ1) is 15.8. The molecule has 1 aromatic rings. The number of ether oxygens (including phenoxy) is 1. The lowest BCUT2D eigenvalue weighted by Crippen LogP contribution is -2.25. The number of halogens is 3. The van der Waals surface area contributed by atoms with E-state index in [2.05, 4.69) is 15.2 Å². The largest absolute Gasteiger partial charge is 0.411 e. The third kappa shape index (κ3) is 5.14. The Hall–Kier alpha value is -2.29. The Labute approximate surface area is 112 Å². The molecular weight excluding hydrogens is 279 g/mol. The van der Waals surface area contributed by atoms with Crippen LogP contribution in [0.25, 0.3) is 0 Å². The fourth-order valence-electron chi connectivity index (χ4n) is 1.32. The van der Waals surface area contributed by atoms with E-state index in [1.54, 1.807) is 12.1 Å². The van der Waals surface area contributed by atoms with E-state index in [1.807, 2.05) is 0 Å². The summed E-state index contributed by atoms with van der Waals surface area (Å²) in [7, 11) is 0. The monoisotopic (exact) mass is 291 g/mol. The second-order valence-corrected chi connectivity index (χ2v) is 3.69. The lowest BCUT2D eigenvalue weighted by molar-refractivity contribution is -0.174. The van der Waals surface area contributed by atoms with E-state index >= 15 is 0 Å². The molecule has 0 spiro atoms. The molecule has 20 heavy (non-hydrogen) atoms. The molecule has 9 heteroatoms. The minimum Gasteiger partial charge on any atom is -0.409 e. The van der Waals surface area contributed by atoms with Crippen LogP contribution < -0.4 is 11.1 Å². The molecule has 1 rings (SSSR count). The molecule has 1 amide bonds. The number of nitrogens with zero attached hydrogens (tertiary/aromatic N) is 1. The molecule has 0 aliphatic rings. The quantitative estimate of drug-likeness (QED) is 0.330. The highest BCUT2D eigenvalue weighted by atomic mass is 19.4. The van der Waals surface area contributed by atoms with Crippen LogP contribution in [0.4, 0.5) is 18.9 Å². The standard InChI is InChI=1S/C11H12F3N3O3/c12-11(13,14)6-20-5-9(18)16-8-4-2-1-3-7(8)10(15)17-19/h1-4,19H,5-6H2,(H2,15,17)(H,16,18). The maximum Gasteiger partial charge on any atom is 0.411 e. The predicted octanol–water partition coefficient (Wildman–Crippen LogP) is 1.30. The molecular formula is C11H12F3N3O3. The van der Waals surface area contributed by atoms with Gasteiger partial charge in [-0.05, 0) is 12.1 Å². The van der Waals surface area contributed by atoms with Crippen molar-refractivity contribution in [2.75, 3.05) is 18.5 Å². The first-order valence-electron chi connectivity index (χ1n) is 5.35. The SMILES string of the molecule is N/C(=N/O)c1ccccc1NC(=O)COCC(F)(F)F. The summed E-state index contributed by atoms with van der Waals surface area (Å²) in [5, 5.41) is 13.7. The molecule has 0 aliphatic heterocycles. The van der Waals surface area contributed by atoms with Crippen LogP contribution in [-0.4, -0.2) is 36.3 Å². The molecule has 0 atom stereocenters. The summed E-state index contributed by atoms with van der Waals surface area (Å²) >= 11 is 0. The Kier molecular flexibility index (Phi) is 5.32. The smallest absolute Gasteiger partial charge is 0.409 e. The number of para-hydroxylation sites is 1. The Balaban J connectivity index is 2.63. The second-order valence-electron chi connectivity index (χ2n) is 3.69. The fourth-order valence-corrected chi connectivity index (χ4v) is 1.32. The van der Waals surface area contributed by atoms with Gasteiger partial charge in [0.1, 0.15) is 13.2 Å². The number of nitrogens with two attached hydrogens (primary N) is 1. The van der Waals surface area contributed by atoms with E-state index in [1.165, 1.54) is 12.1 Å². The highest BCUT2D eigenvalue weighted by Crippen LogP contribution is 2.16. The Bertz CT molecular complexity index is 503. The predicted molar refractivity (Wildman–Crippen MR) is 64.5 cm³/mol. The van der Waals surface area contributed by atoms with Gasteiger partial charge in [0.15, 0.2) is 5.84 Å². The van der Waals surface area contributed by atoms with Gasteiger partial charge in [-0.2, -0.15) is 13.2 Å². The number of amides is 1. The number of rotatable bonds is 5. The summed E-state index contributed by atoms with van der Waals surface area (Å²) in [6.07, 6.45) is -4.49. The van der Waals surface area contributed by atoms with Crippen molar-refractivity contribution >= 4 is 17.4 Å². The van der Waals surface area contributed by atoms with Crippen LogP contribution in [0.5, 0.6) is 0 Å². The van der Waals surface area contributed by atoms with Crippen LogP contribution in [0.3, 0.4) is 0 Å². The normalized spacial score (nSPS) is 12.2. The van der Waals surface area contributed by atoms with E-state index in [9.17, 15) is 18.0 Å². The summed E-state index contributed by atoms with van der Waals surface area (Å²) < 4.78 is 39.7. The number of hydrogen-bond donors (Lipinski definition) is 3. The average molecular weight is 291 g/mol. The first-order valence-corrected chi connectivity index (χ1v) is 5.35. The van der Waals surface area contributed by atoms with E-state index < -0.39 is 25.3 Å². The Morgan fingerprint density at radius 1 is 1.40 bits per heavy atom. The third-order valence-corrected chi connectivity index (χ3v) is 2.08. The topological polar surface area (TPSA) is 96.9 Å². The zero-order valence-corrected chi connectivity index (χ0v) is 10.1. The molecule has 6 nitrogen and oxygen atoms in total. The van der Waals surface area contributed by atoms with E-state index in [0.29, 0.717) is 0 Å². The molecule has 4 N–H and O–H groups in total. The maximum atomic E-state index is 11.8. The van der Waals surface area contributed by atoms with Gasteiger partial charge in [-0.1, -0.05) is 17.3 Å². The van der Waals surface area contributed by atoms with Crippen molar-refractivity contribution in [2.24, 2.45) is 10.9 Å². The van der Waals surface area contributed by atoms with Crippen LogP contribution in [0.15, 0.2) is 29.4 Å². The van der Waals surface area contributed by atoms with Crippen LogP contribution in [-0.2, 0) is 9.53 Å². The molecule has 0 aromatic heterocycles. The van der Waals surface area contributed by atoms with Crippen LogP contribution in [0.2, 0.25) is 0 Å². The van der Waals surface area contributed by atoms with Gasteiger partial charge < -0.3 is 21.0 Å². The van der Waals surface area contributed by atoms with Crippen molar-refractivity contribution in [1.29, 1.82) is 0 Å². The van der Waals surface area contributed by atoms with Crippen molar-refractivity contribution in [3.63, 3.8) is 0 Å². The third-order valence-electron chi connectivity index (χ3n) is 2.08. The summed E-state index contributed by atoms with van der Waals surface area (Å²) in [5.74, 6) is -1.02. The summed E-state index contributed by atoms with van der Waals surface area (Å²) in [4.78, 5) is 11.4. The van der Waals surface area contributed by atoms with Crippen molar-refractivity contribution < 1.29 is 27.9 Å². The molecule has 0 saturated heterocycles. The number of amidine groups is 1. The minimum absolute atomic E-state index is 0.198. The number of oxime groups is 1. The van der Waals surface area contributed by atoms with Gasteiger partial charge in [0, 0.05) is 5.56 Å². The number of nitrogens with one attached hydrogen (secondary N) is 1. The van der Waals surface area contributed by atoms with Crippen molar-refractivity contribution in [2.45, 2.75) is 6.18 Å². The fraction of sp³-hybridized carbons (Fsp3) is 0.273. The second kappa shape index (κ2) is 6.75. The highest BCUT2D eigenvalue weighted by Gasteiger charge is 2.27. The zero-order valence-electron chi connectivity index (χ0n) is 10.1. The first-order chi connectivity index (χ1) is 9.33. The number of alkyl halides is 3. The lowest BCUT2D eigenvalue weighted by Gasteiger charge is -2.11. The van der Waals surface area contributed by atoms with Gasteiger partial charge in [0.05, 0.1) is 5.69 Å². The number of carbonyl (C=O) groups is 1. The number of carbonyl (C=O) groups excluding carboxylic acids is 1.